The Morgan fingerprint density at radius 1 is 1.19 bits per heavy atom. The van der Waals surface area contributed by atoms with Gasteiger partial charge < -0.3 is 24.3 Å². The maximum atomic E-state index is 13.7. The smallest absolute Gasteiger partial charge is 0.355 e. The summed E-state index contributed by atoms with van der Waals surface area (Å²) in [6, 6.07) is 6.61. The van der Waals surface area contributed by atoms with Crippen LogP contribution in [0, 0.1) is 0 Å². The molecule has 37 heavy (non-hydrogen) atoms. The minimum absolute atomic E-state index is 0.0224. The van der Waals surface area contributed by atoms with E-state index in [-0.39, 0.29) is 53.5 Å². The standard InChI is InChI=1S/C26H24N2O8S/c1-3-14-15-7-13(29)5-6-19(15)27-23-16(14)9-28-20(23)8-18-17(24(28)33)10-35-25(34)26(18,4-2)36-22(32)12-37-11-21(30)31/h5-8,29H,3-4,9-12H2,1-2H3,(H,30,31)/t26-/m0/s1. The number of hydrogen-bond donors (Lipinski definition) is 2. The van der Waals surface area contributed by atoms with Crippen LogP contribution in [0.5, 0.6) is 5.75 Å². The molecule has 0 fully saturated rings. The summed E-state index contributed by atoms with van der Waals surface area (Å²) in [6.45, 7) is 3.67. The molecule has 2 N–H and O–H groups in total. The number of thioether (sulfide) groups is 1. The fourth-order valence-electron chi connectivity index (χ4n) is 5.16. The zero-order valence-corrected chi connectivity index (χ0v) is 21.0. The molecule has 0 aliphatic carbocycles. The third kappa shape index (κ3) is 3.93. The van der Waals surface area contributed by atoms with Crippen molar-refractivity contribution in [2.45, 2.75) is 45.4 Å². The van der Waals surface area contributed by atoms with Gasteiger partial charge in [-0.3, -0.25) is 14.4 Å². The van der Waals surface area contributed by atoms with E-state index in [1.807, 2.05) is 6.92 Å². The van der Waals surface area contributed by atoms with Crippen molar-refractivity contribution < 1.29 is 34.1 Å². The molecule has 2 aliphatic heterocycles. The number of hydrogen-bond acceptors (Lipinski definition) is 9. The monoisotopic (exact) mass is 524 g/mol. The second kappa shape index (κ2) is 9.22. The van der Waals surface area contributed by atoms with Gasteiger partial charge in [-0.05, 0) is 42.7 Å². The highest BCUT2D eigenvalue weighted by molar-refractivity contribution is 8.00. The highest BCUT2D eigenvalue weighted by atomic mass is 32.2. The Hall–Kier alpha value is -3.86. The Balaban J connectivity index is 1.65. The number of phenols is 1. The average Bonchev–Trinajstić information content (AvgIpc) is 3.23. The molecule has 0 radical (unpaired) electrons. The minimum Gasteiger partial charge on any atom is -0.508 e. The van der Waals surface area contributed by atoms with Crippen molar-refractivity contribution in [3.05, 3.63) is 56.9 Å². The van der Waals surface area contributed by atoms with E-state index in [0.717, 1.165) is 28.3 Å². The lowest BCUT2D eigenvalue weighted by Crippen LogP contribution is -2.47. The number of aryl methyl sites for hydroxylation is 1. The maximum Gasteiger partial charge on any atom is 0.355 e. The second-order valence-electron chi connectivity index (χ2n) is 8.90. The van der Waals surface area contributed by atoms with Crippen molar-refractivity contribution >= 4 is 40.6 Å². The summed E-state index contributed by atoms with van der Waals surface area (Å²) in [5, 5.41) is 19.7. The fraction of sp³-hybridized carbons (Fsp3) is 0.346. The zero-order chi connectivity index (χ0) is 26.5. The van der Waals surface area contributed by atoms with Crippen molar-refractivity contribution in [1.82, 2.24) is 9.55 Å². The van der Waals surface area contributed by atoms with E-state index < -0.39 is 23.5 Å². The highest BCUT2D eigenvalue weighted by Gasteiger charge is 2.50. The summed E-state index contributed by atoms with van der Waals surface area (Å²) in [6.07, 6.45) is 0.675. The number of aromatic hydroxyl groups is 1. The van der Waals surface area contributed by atoms with Crippen LogP contribution in [0.25, 0.3) is 22.3 Å². The van der Waals surface area contributed by atoms with E-state index in [1.165, 1.54) is 0 Å². The maximum absolute atomic E-state index is 13.7. The molecule has 5 rings (SSSR count). The van der Waals surface area contributed by atoms with Crippen molar-refractivity contribution in [1.29, 1.82) is 0 Å². The number of fused-ring (bicyclic) bond motifs is 5. The Morgan fingerprint density at radius 3 is 2.68 bits per heavy atom. The van der Waals surface area contributed by atoms with Crippen LogP contribution in [-0.2, 0) is 49.0 Å². The zero-order valence-electron chi connectivity index (χ0n) is 20.2. The molecule has 1 aromatic carbocycles. The number of benzene rings is 1. The molecule has 0 unspecified atom stereocenters. The number of carboxylic acid groups (broad SMARTS) is 1. The van der Waals surface area contributed by atoms with E-state index in [0.29, 0.717) is 23.3 Å². The normalized spacial score (nSPS) is 17.6. The first-order chi connectivity index (χ1) is 17.7. The van der Waals surface area contributed by atoms with Gasteiger partial charge in [0.05, 0.1) is 40.5 Å². The number of carboxylic acids is 1. The lowest BCUT2D eigenvalue weighted by Gasteiger charge is -2.35. The van der Waals surface area contributed by atoms with Crippen molar-refractivity contribution in [3.8, 4) is 17.1 Å². The molecule has 1 atom stereocenters. The van der Waals surface area contributed by atoms with Gasteiger partial charge in [-0.15, -0.1) is 11.8 Å². The van der Waals surface area contributed by atoms with E-state index >= 15 is 0 Å². The summed E-state index contributed by atoms with van der Waals surface area (Å²) >= 11 is 0.850. The Morgan fingerprint density at radius 2 is 1.97 bits per heavy atom. The van der Waals surface area contributed by atoms with Crippen LogP contribution in [0.4, 0.5) is 0 Å². The molecule has 0 bridgehead atoms. The molecule has 2 aliphatic rings. The largest absolute Gasteiger partial charge is 0.508 e. The summed E-state index contributed by atoms with van der Waals surface area (Å²) in [4.78, 5) is 54.9. The van der Waals surface area contributed by atoms with Crippen LogP contribution in [0.2, 0.25) is 0 Å². The third-order valence-electron chi connectivity index (χ3n) is 6.84. The first kappa shape index (κ1) is 24.8. The number of carbonyl (C=O) groups is 3. The van der Waals surface area contributed by atoms with Crippen LogP contribution in [0.3, 0.4) is 0 Å². The van der Waals surface area contributed by atoms with Crippen LogP contribution in [0.1, 0.15) is 42.5 Å². The molecule has 4 heterocycles. The Bertz CT molecular complexity index is 1550. The molecule has 10 nitrogen and oxygen atoms in total. The SMILES string of the molecule is CCc1c2c(nc3ccc(O)cc13)-c1cc3c(c(=O)n1C2)COC(=O)[C@@]3(CC)OC(=O)CSCC(=O)O. The summed E-state index contributed by atoms with van der Waals surface area (Å²) < 4.78 is 12.6. The van der Waals surface area contributed by atoms with Gasteiger partial charge in [0.15, 0.2) is 0 Å². The van der Waals surface area contributed by atoms with E-state index in [9.17, 15) is 24.3 Å². The van der Waals surface area contributed by atoms with Gasteiger partial charge in [0.25, 0.3) is 5.56 Å². The fourth-order valence-corrected chi connectivity index (χ4v) is 5.66. The average molecular weight is 525 g/mol. The Kier molecular flexibility index (Phi) is 6.18. The van der Waals surface area contributed by atoms with E-state index in [4.69, 9.17) is 19.6 Å². The van der Waals surface area contributed by atoms with Gasteiger partial charge in [-0.1, -0.05) is 13.8 Å². The molecular formula is C26H24N2O8S. The molecule has 192 valence electrons. The van der Waals surface area contributed by atoms with Gasteiger partial charge in [0.2, 0.25) is 5.60 Å². The molecule has 0 spiro atoms. The van der Waals surface area contributed by atoms with Gasteiger partial charge in [0.1, 0.15) is 12.4 Å². The lowest BCUT2D eigenvalue weighted by molar-refractivity contribution is -0.188. The molecule has 11 heteroatoms. The molecule has 2 aromatic heterocycles. The van der Waals surface area contributed by atoms with Crippen molar-refractivity contribution in [2.75, 3.05) is 11.5 Å². The molecule has 0 saturated carbocycles. The molecule has 0 saturated heterocycles. The van der Waals surface area contributed by atoms with Gasteiger partial charge in [0, 0.05) is 16.5 Å². The number of esters is 2. The van der Waals surface area contributed by atoms with E-state index in [2.05, 4.69) is 0 Å². The van der Waals surface area contributed by atoms with Crippen LogP contribution >= 0.6 is 11.8 Å². The van der Waals surface area contributed by atoms with Gasteiger partial charge in [-0.25, -0.2) is 9.78 Å². The number of nitrogens with zero attached hydrogens (tertiary/aromatic N) is 2. The van der Waals surface area contributed by atoms with Crippen LogP contribution < -0.4 is 5.56 Å². The number of carbonyl (C=O) groups excluding carboxylic acids is 2. The van der Waals surface area contributed by atoms with Crippen molar-refractivity contribution in [2.24, 2.45) is 0 Å². The number of phenolic OH excluding ortho intramolecular Hbond substituents is 1. The Labute approximate surface area is 215 Å². The number of aromatic nitrogens is 2. The number of ether oxygens (including phenoxy) is 2. The minimum atomic E-state index is -1.83. The molecular weight excluding hydrogens is 500 g/mol. The van der Waals surface area contributed by atoms with E-state index in [1.54, 1.807) is 35.8 Å². The van der Waals surface area contributed by atoms with Crippen LogP contribution in [-0.4, -0.2) is 49.2 Å². The lowest BCUT2D eigenvalue weighted by atomic mass is 9.85. The summed E-state index contributed by atoms with van der Waals surface area (Å²) in [7, 11) is 0. The molecule has 3 aromatic rings. The number of pyridine rings is 2. The molecule has 0 amide bonds. The topological polar surface area (TPSA) is 145 Å². The summed E-state index contributed by atoms with van der Waals surface area (Å²) in [5.74, 6) is -3.08. The first-order valence-corrected chi connectivity index (χ1v) is 13.0. The number of aliphatic carboxylic acids is 1. The predicted octanol–water partition coefficient (Wildman–Crippen LogP) is 2.72. The summed E-state index contributed by atoms with van der Waals surface area (Å²) in [5.41, 5.74) is 1.89. The quantitative estimate of drug-likeness (QED) is 0.346. The highest BCUT2D eigenvalue weighted by Crippen LogP contribution is 2.42. The first-order valence-electron chi connectivity index (χ1n) is 11.8. The number of cyclic esters (lactones) is 1. The van der Waals surface area contributed by atoms with Crippen LogP contribution in [0.15, 0.2) is 29.1 Å². The van der Waals surface area contributed by atoms with Crippen molar-refractivity contribution in [3.63, 3.8) is 0 Å². The second-order valence-corrected chi connectivity index (χ2v) is 9.89. The van der Waals surface area contributed by atoms with Gasteiger partial charge in [-0.2, -0.15) is 0 Å². The van der Waals surface area contributed by atoms with Gasteiger partial charge >= 0.3 is 17.9 Å². The third-order valence-corrected chi connectivity index (χ3v) is 7.74. The number of rotatable bonds is 7. The predicted molar refractivity (Wildman–Crippen MR) is 134 cm³/mol.